The van der Waals surface area contributed by atoms with Gasteiger partial charge in [-0.2, -0.15) is 0 Å². The molecule has 28 heavy (non-hydrogen) atoms. The first-order chi connectivity index (χ1) is 13.6. The third-order valence-electron chi connectivity index (χ3n) is 4.66. The van der Waals surface area contributed by atoms with Gasteiger partial charge in [0, 0.05) is 28.9 Å². The summed E-state index contributed by atoms with van der Waals surface area (Å²) in [6.45, 7) is 2.60. The Bertz CT molecular complexity index is 963. The third-order valence-corrected chi connectivity index (χ3v) is 4.66. The van der Waals surface area contributed by atoms with Crippen LogP contribution in [0.5, 0.6) is 0 Å². The molecule has 0 aromatic heterocycles. The van der Waals surface area contributed by atoms with Crippen LogP contribution < -0.4 is 11.1 Å². The van der Waals surface area contributed by atoms with Crippen molar-refractivity contribution in [1.82, 2.24) is 5.32 Å². The summed E-state index contributed by atoms with van der Waals surface area (Å²) in [7, 11) is 0. The van der Waals surface area contributed by atoms with Crippen molar-refractivity contribution < 1.29 is 4.79 Å². The maximum absolute atomic E-state index is 12.5. The summed E-state index contributed by atoms with van der Waals surface area (Å²) in [5, 5.41) is 11.5. The van der Waals surface area contributed by atoms with E-state index < -0.39 is 0 Å². The molecule has 0 heterocycles. The van der Waals surface area contributed by atoms with Gasteiger partial charge in [0.25, 0.3) is 5.91 Å². The van der Waals surface area contributed by atoms with E-state index >= 15 is 0 Å². The molecule has 0 bridgehead atoms. The molecule has 0 radical (unpaired) electrons. The molecule has 3 rings (SSSR count). The van der Waals surface area contributed by atoms with Crippen molar-refractivity contribution >= 4 is 17.3 Å². The van der Waals surface area contributed by atoms with E-state index in [1.165, 1.54) is 5.56 Å². The largest absolute Gasteiger partial charge is 0.398 e. The molecule has 0 aliphatic carbocycles. The first-order valence-corrected chi connectivity index (χ1v) is 9.48. The molecule has 0 atom stereocenters. The molecule has 4 nitrogen and oxygen atoms in total. The fourth-order valence-electron chi connectivity index (χ4n) is 3.08. The average Bonchev–Trinajstić information content (AvgIpc) is 2.73. The zero-order valence-corrected chi connectivity index (χ0v) is 16.0. The third kappa shape index (κ3) is 4.65. The van der Waals surface area contributed by atoms with Gasteiger partial charge in [0.05, 0.1) is 5.71 Å². The Morgan fingerprint density at radius 2 is 1.61 bits per heavy atom. The van der Waals surface area contributed by atoms with Crippen LogP contribution in [0, 0.1) is 5.41 Å². The smallest absolute Gasteiger partial charge is 0.251 e. The lowest BCUT2D eigenvalue weighted by molar-refractivity contribution is 0.0951. The predicted molar refractivity (Wildman–Crippen MR) is 115 cm³/mol. The molecule has 1 amide bonds. The van der Waals surface area contributed by atoms with E-state index in [1.807, 2.05) is 54.6 Å². The second-order valence-corrected chi connectivity index (χ2v) is 6.79. The van der Waals surface area contributed by atoms with Crippen molar-refractivity contribution in [2.24, 2.45) is 0 Å². The Hall–Kier alpha value is -3.40. The van der Waals surface area contributed by atoms with Gasteiger partial charge >= 0.3 is 0 Å². The topological polar surface area (TPSA) is 79.0 Å². The van der Waals surface area contributed by atoms with Gasteiger partial charge < -0.3 is 11.1 Å². The number of nitrogens with two attached hydrogens (primary N) is 1. The Morgan fingerprint density at radius 3 is 2.29 bits per heavy atom. The summed E-state index contributed by atoms with van der Waals surface area (Å²) < 4.78 is 0. The van der Waals surface area contributed by atoms with Crippen molar-refractivity contribution in [1.29, 1.82) is 5.41 Å². The van der Waals surface area contributed by atoms with E-state index in [9.17, 15) is 4.79 Å². The van der Waals surface area contributed by atoms with E-state index in [2.05, 4.69) is 12.2 Å². The maximum Gasteiger partial charge on any atom is 0.251 e. The number of carbonyl (C=O) groups excluding carboxylic acids is 1. The minimum absolute atomic E-state index is 0.184. The summed E-state index contributed by atoms with van der Waals surface area (Å²) in [4.78, 5) is 12.5. The number of benzene rings is 3. The first kappa shape index (κ1) is 19.4. The molecule has 142 valence electrons. The summed E-state index contributed by atoms with van der Waals surface area (Å²) in [5.74, 6) is -0.184. The van der Waals surface area contributed by atoms with Crippen molar-refractivity contribution in [3.05, 3.63) is 101 Å². The minimum Gasteiger partial charge on any atom is -0.398 e. The van der Waals surface area contributed by atoms with Gasteiger partial charge in [-0.05, 0) is 35.7 Å². The lowest BCUT2D eigenvalue weighted by atomic mass is 9.97. The molecule has 3 aromatic carbocycles. The van der Waals surface area contributed by atoms with Gasteiger partial charge in [-0.3, -0.25) is 10.2 Å². The number of carbonyl (C=O) groups is 1. The zero-order chi connectivity index (χ0) is 19.9. The number of nitrogens with one attached hydrogen (secondary N) is 2. The highest BCUT2D eigenvalue weighted by atomic mass is 16.1. The molecule has 0 spiro atoms. The summed E-state index contributed by atoms with van der Waals surface area (Å²) in [5.41, 5.74) is 11.0. The maximum atomic E-state index is 12.5. The van der Waals surface area contributed by atoms with Crippen LogP contribution in [0.3, 0.4) is 0 Å². The normalized spacial score (nSPS) is 10.5. The quantitative estimate of drug-likeness (QED) is 0.420. The number of nitrogen functional groups attached to an aromatic ring is 1. The van der Waals surface area contributed by atoms with E-state index in [0.717, 1.165) is 24.0 Å². The molecule has 0 aliphatic rings. The van der Waals surface area contributed by atoms with E-state index in [1.54, 1.807) is 18.2 Å². The standard InChI is InChI=1S/C24H25N3O/c1-2-6-17-9-11-19(12-10-17)23(26)21-15-20(13-14-22(21)25)24(28)27-16-18-7-4-3-5-8-18/h3-5,7-15,26H,2,6,16,25H2,1H3,(H,27,28). The number of hydrogen-bond donors (Lipinski definition) is 3. The number of rotatable bonds is 7. The molecule has 4 heteroatoms. The Morgan fingerprint density at radius 1 is 0.929 bits per heavy atom. The second kappa shape index (κ2) is 9.00. The van der Waals surface area contributed by atoms with Crippen LogP contribution in [0.15, 0.2) is 72.8 Å². The van der Waals surface area contributed by atoms with Crippen LogP contribution in [0.1, 0.15) is 46.0 Å². The number of amides is 1. The molecule has 4 N–H and O–H groups in total. The summed E-state index contributed by atoms with van der Waals surface area (Å²) in [6, 6.07) is 22.8. The summed E-state index contributed by atoms with van der Waals surface area (Å²) in [6.07, 6.45) is 2.11. The Kier molecular flexibility index (Phi) is 6.22. The fourth-order valence-corrected chi connectivity index (χ4v) is 3.08. The predicted octanol–water partition coefficient (Wildman–Crippen LogP) is 4.57. The highest BCUT2D eigenvalue weighted by Crippen LogP contribution is 2.19. The van der Waals surface area contributed by atoms with E-state index in [0.29, 0.717) is 29.1 Å². The van der Waals surface area contributed by atoms with Crippen molar-refractivity contribution in [3.8, 4) is 0 Å². The number of aryl methyl sites for hydroxylation is 1. The number of hydrogen-bond acceptors (Lipinski definition) is 3. The van der Waals surface area contributed by atoms with E-state index in [4.69, 9.17) is 11.1 Å². The lowest BCUT2D eigenvalue weighted by Gasteiger charge is -2.11. The zero-order valence-electron chi connectivity index (χ0n) is 16.0. The number of anilines is 1. The molecule has 0 fully saturated rings. The highest BCUT2D eigenvalue weighted by Gasteiger charge is 2.13. The Labute approximate surface area is 165 Å². The molecular formula is C24H25N3O. The second-order valence-electron chi connectivity index (χ2n) is 6.79. The highest BCUT2D eigenvalue weighted by molar-refractivity contribution is 6.14. The lowest BCUT2D eigenvalue weighted by Crippen LogP contribution is -2.23. The van der Waals surface area contributed by atoms with Crippen molar-refractivity contribution in [3.63, 3.8) is 0 Å². The fraction of sp³-hybridized carbons (Fsp3) is 0.167. The molecule has 0 saturated carbocycles. The van der Waals surface area contributed by atoms with Crippen LogP contribution in [0.4, 0.5) is 5.69 Å². The molecular weight excluding hydrogens is 346 g/mol. The monoisotopic (exact) mass is 371 g/mol. The molecule has 3 aromatic rings. The van der Waals surface area contributed by atoms with Gasteiger partial charge in [0.1, 0.15) is 0 Å². The van der Waals surface area contributed by atoms with Crippen molar-refractivity contribution in [2.45, 2.75) is 26.3 Å². The van der Waals surface area contributed by atoms with Crippen molar-refractivity contribution in [2.75, 3.05) is 5.73 Å². The van der Waals surface area contributed by atoms with Crippen LogP contribution in [-0.2, 0) is 13.0 Å². The van der Waals surface area contributed by atoms with Crippen LogP contribution in [-0.4, -0.2) is 11.6 Å². The molecule has 0 aliphatic heterocycles. The van der Waals surface area contributed by atoms with Gasteiger partial charge in [-0.15, -0.1) is 0 Å². The van der Waals surface area contributed by atoms with E-state index in [-0.39, 0.29) is 5.91 Å². The summed E-state index contributed by atoms with van der Waals surface area (Å²) >= 11 is 0. The van der Waals surface area contributed by atoms with Crippen LogP contribution in [0.2, 0.25) is 0 Å². The van der Waals surface area contributed by atoms with Gasteiger partial charge in [0.2, 0.25) is 0 Å². The molecule has 0 unspecified atom stereocenters. The van der Waals surface area contributed by atoms with Gasteiger partial charge in [0.15, 0.2) is 0 Å². The SMILES string of the molecule is CCCc1ccc(C(=N)c2cc(C(=O)NCc3ccccc3)ccc2N)cc1. The molecule has 0 saturated heterocycles. The van der Waals surface area contributed by atoms with Crippen LogP contribution in [0.25, 0.3) is 0 Å². The average molecular weight is 371 g/mol. The van der Waals surface area contributed by atoms with Gasteiger partial charge in [-0.1, -0.05) is 67.9 Å². The first-order valence-electron chi connectivity index (χ1n) is 9.48. The Balaban J connectivity index is 1.76. The van der Waals surface area contributed by atoms with Crippen LogP contribution >= 0.6 is 0 Å². The van der Waals surface area contributed by atoms with Gasteiger partial charge in [-0.25, -0.2) is 0 Å². The minimum atomic E-state index is -0.184.